The van der Waals surface area contributed by atoms with Crippen molar-refractivity contribution in [3.05, 3.63) is 41.1 Å². The van der Waals surface area contributed by atoms with Crippen LogP contribution in [0.4, 0.5) is 9.18 Å². The Balaban J connectivity index is 1.59. The van der Waals surface area contributed by atoms with Gasteiger partial charge in [0, 0.05) is 24.8 Å². The van der Waals surface area contributed by atoms with Gasteiger partial charge in [0.2, 0.25) is 10.0 Å². The molecule has 0 saturated heterocycles. The fourth-order valence-corrected chi connectivity index (χ4v) is 5.53. The van der Waals surface area contributed by atoms with Gasteiger partial charge in [0.25, 0.3) is 5.91 Å². The van der Waals surface area contributed by atoms with Crippen LogP contribution in [0.15, 0.2) is 24.7 Å². The van der Waals surface area contributed by atoms with Gasteiger partial charge in [-0.2, -0.15) is 0 Å². The number of sulfonamides is 1. The number of nitrogens with zero attached hydrogens (tertiary/aromatic N) is 2. The standard InChI is InChI=1S/C23H31ClFN5O5S/c1-23(2,3)35-22(32)27-16-7-5-6-14(8-16)12-36(33,34)29-28-21(31)17-9-15(10-18(24)20(17)25)19-11-30(4)13-26-19/h9-11,13-14,16,29H,5-8,12H2,1-4H3,(H,27,32)(H,28,31)/t14-,16-/m0/s1. The van der Waals surface area contributed by atoms with E-state index in [2.05, 4.69) is 15.7 Å². The summed E-state index contributed by atoms with van der Waals surface area (Å²) in [6.45, 7) is 5.28. The number of ether oxygens (including phenoxy) is 1. The van der Waals surface area contributed by atoms with Gasteiger partial charge in [-0.05, 0) is 58.1 Å². The van der Waals surface area contributed by atoms with Crippen LogP contribution in [-0.2, 0) is 21.8 Å². The van der Waals surface area contributed by atoms with E-state index in [1.165, 1.54) is 12.1 Å². The van der Waals surface area contributed by atoms with Crippen LogP contribution in [0.5, 0.6) is 0 Å². The number of carbonyl (C=O) groups is 2. The number of rotatable bonds is 7. The number of aromatic nitrogens is 2. The summed E-state index contributed by atoms with van der Waals surface area (Å²) in [5.74, 6) is -2.48. The van der Waals surface area contributed by atoms with Crippen LogP contribution < -0.4 is 15.6 Å². The SMILES string of the molecule is Cn1cnc(-c2cc(Cl)c(F)c(C(=O)NNS(=O)(=O)C[C@H]3CCC[C@H](NC(=O)OC(C)(C)C)C3)c2)c1. The molecular formula is C23H31ClFN5O5S. The second-order valence-electron chi connectivity index (χ2n) is 9.96. The van der Waals surface area contributed by atoms with E-state index < -0.39 is 39.0 Å². The number of aryl methyl sites for hydroxylation is 1. The molecule has 0 bridgehead atoms. The molecule has 2 amide bonds. The Kier molecular flexibility index (Phi) is 8.63. The van der Waals surface area contributed by atoms with E-state index in [1.54, 1.807) is 44.9 Å². The topological polar surface area (TPSA) is 131 Å². The number of hydrogen-bond acceptors (Lipinski definition) is 6. The zero-order chi connectivity index (χ0) is 26.7. The van der Waals surface area contributed by atoms with Gasteiger partial charge in [0.1, 0.15) is 5.60 Å². The molecule has 1 aromatic heterocycles. The monoisotopic (exact) mass is 543 g/mol. The number of hydrogen-bond donors (Lipinski definition) is 3. The van der Waals surface area contributed by atoms with Crippen molar-refractivity contribution in [2.75, 3.05) is 5.75 Å². The highest BCUT2D eigenvalue weighted by Crippen LogP contribution is 2.28. The zero-order valence-electron chi connectivity index (χ0n) is 20.6. The fraction of sp³-hybridized carbons (Fsp3) is 0.522. The molecule has 1 saturated carbocycles. The van der Waals surface area contributed by atoms with Crippen LogP contribution >= 0.6 is 11.6 Å². The third-order valence-electron chi connectivity index (χ3n) is 5.55. The minimum atomic E-state index is -3.94. The molecule has 1 aromatic carbocycles. The lowest BCUT2D eigenvalue weighted by atomic mass is 9.87. The molecule has 10 nitrogen and oxygen atoms in total. The molecule has 1 fully saturated rings. The third-order valence-corrected chi connectivity index (χ3v) is 7.15. The maximum atomic E-state index is 14.6. The Hall–Kier alpha value is -2.70. The first-order valence-corrected chi connectivity index (χ1v) is 13.5. The van der Waals surface area contributed by atoms with Crippen molar-refractivity contribution in [1.29, 1.82) is 0 Å². The molecule has 3 N–H and O–H groups in total. The van der Waals surface area contributed by atoms with Gasteiger partial charge in [-0.25, -0.2) is 22.6 Å². The Morgan fingerprint density at radius 2 is 2.00 bits per heavy atom. The molecular weight excluding hydrogens is 513 g/mol. The zero-order valence-corrected chi connectivity index (χ0v) is 22.2. The summed E-state index contributed by atoms with van der Waals surface area (Å²) in [7, 11) is -2.19. The Morgan fingerprint density at radius 1 is 1.28 bits per heavy atom. The van der Waals surface area contributed by atoms with Gasteiger partial charge in [-0.15, -0.1) is 4.83 Å². The first-order chi connectivity index (χ1) is 16.7. The summed E-state index contributed by atoms with van der Waals surface area (Å²) in [4.78, 5) is 30.8. The molecule has 2 atom stereocenters. The van der Waals surface area contributed by atoms with Crippen molar-refractivity contribution in [1.82, 2.24) is 25.1 Å². The van der Waals surface area contributed by atoms with Gasteiger partial charge in [0.05, 0.1) is 28.4 Å². The molecule has 36 heavy (non-hydrogen) atoms. The quantitative estimate of drug-likeness (QED) is 0.458. The fourth-order valence-electron chi connectivity index (χ4n) is 4.06. The van der Waals surface area contributed by atoms with Gasteiger partial charge >= 0.3 is 6.09 Å². The highest BCUT2D eigenvalue weighted by molar-refractivity contribution is 7.89. The number of imidazole rings is 1. The normalized spacial score (nSPS) is 18.5. The van der Waals surface area contributed by atoms with Crippen LogP contribution in [0.2, 0.25) is 5.02 Å². The van der Waals surface area contributed by atoms with Gasteiger partial charge in [-0.1, -0.05) is 18.0 Å². The summed E-state index contributed by atoms with van der Waals surface area (Å²) in [6, 6.07) is 2.38. The lowest BCUT2D eigenvalue weighted by Crippen LogP contribution is -2.46. The van der Waals surface area contributed by atoms with E-state index >= 15 is 0 Å². The minimum Gasteiger partial charge on any atom is -0.444 e. The van der Waals surface area contributed by atoms with Gasteiger partial charge < -0.3 is 14.6 Å². The number of benzene rings is 1. The molecule has 1 aliphatic carbocycles. The van der Waals surface area contributed by atoms with Crippen molar-refractivity contribution in [3.8, 4) is 11.3 Å². The lowest BCUT2D eigenvalue weighted by molar-refractivity contribution is 0.0486. The maximum absolute atomic E-state index is 14.6. The number of halogens is 2. The smallest absolute Gasteiger partial charge is 0.407 e. The second-order valence-corrected chi connectivity index (χ2v) is 12.1. The van der Waals surface area contributed by atoms with Crippen LogP contribution in [-0.4, -0.2) is 47.4 Å². The summed E-state index contributed by atoms with van der Waals surface area (Å²) >= 11 is 5.96. The number of amides is 2. The van der Waals surface area contributed by atoms with E-state index in [1.807, 2.05) is 4.83 Å². The first-order valence-electron chi connectivity index (χ1n) is 11.5. The third kappa shape index (κ3) is 7.90. The van der Waals surface area contributed by atoms with Gasteiger partial charge in [0.15, 0.2) is 5.82 Å². The Bertz CT molecular complexity index is 1230. The Labute approximate surface area is 215 Å². The van der Waals surface area contributed by atoms with E-state index in [9.17, 15) is 22.4 Å². The molecule has 0 spiro atoms. The summed E-state index contributed by atoms with van der Waals surface area (Å²) < 4.78 is 46.7. The molecule has 198 valence electrons. The number of nitrogens with one attached hydrogen (secondary N) is 3. The number of alkyl carbamates (subject to hydrolysis) is 1. The van der Waals surface area contributed by atoms with Gasteiger partial charge in [-0.3, -0.25) is 10.2 Å². The first kappa shape index (κ1) is 27.9. The molecule has 0 unspecified atom stereocenters. The highest BCUT2D eigenvalue weighted by atomic mass is 35.5. The molecule has 1 aliphatic rings. The van der Waals surface area contributed by atoms with Crippen LogP contribution in [0.25, 0.3) is 11.3 Å². The van der Waals surface area contributed by atoms with Crippen LogP contribution in [0.1, 0.15) is 56.8 Å². The van der Waals surface area contributed by atoms with E-state index in [-0.39, 0.29) is 22.7 Å². The van der Waals surface area contributed by atoms with Crippen molar-refractivity contribution in [3.63, 3.8) is 0 Å². The van der Waals surface area contributed by atoms with Crippen molar-refractivity contribution < 1.29 is 27.1 Å². The van der Waals surface area contributed by atoms with Crippen LogP contribution in [0, 0.1) is 11.7 Å². The van der Waals surface area contributed by atoms with E-state index in [0.29, 0.717) is 30.5 Å². The largest absolute Gasteiger partial charge is 0.444 e. The highest BCUT2D eigenvalue weighted by Gasteiger charge is 2.29. The predicted octanol–water partition coefficient (Wildman–Crippen LogP) is 3.53. The number of hydrazine groups is 1. The second kappa shape index (κ2) is 11.1. The summed E-state index contributed by atoms with van der Waals surface area (Å²) in [5, 5.41) is 2.49. The maximum Gasteiger partial charge on any atom is 0.407 e. The average molecular weight is 544 g/mol. The van der Waals surface area contributed by atoms with Crippen molar-refractivity contribution in [2.24, 2.45) is 13.0 Å². The van der Waals surface area contributed by atoms with E-state index in [4.69, 9.17) is 16.3 Å². The lowest BCUT2D eigenvalue weighted by Gasteiger charge is -2.30. The molecule has 13 heteroatoms. The average Bonchev–Trinajstić information content (AvgIpc) is 3.19. The summed E-state index contributed by atoms with van der Waals surface area (Å²) in [6.07, 6.45) is 5.21. The minimum absolute atomic E-state index is 0.214. The van der Waals surface area contributed by atoms with E-state index in [0.717, 1.165) is 6.42 Å². The molecule has 3 rings (SSSR count). The van der Waals surface area contributed by atoms with Crippen molar-refractivity contribution >= 4 is 33.6 Å². The predicted molar refractivity (Wildman–Crippen MR) is 133 cm³/mol. The Morgan fingerprint density at radius 3 is 2.64 bits per heavy atom. The molecule has 2 aromatic rings. The molecule has 1 heterocycles. The number of carbonyl (C=O) groups excluding carboxylic acids is 2. The molecule has 0 radical (unpaired) electrons. The molecule has 0 aliphatic heterocycles. The summed E-state index contributed by atoms with van der Waals surface area (Å²) in [5.41, 5.74) is 1.88. The van der Waals surface area contributed by atoms with Crippen LogP contribution in [0.3, 0.4) is 0 Å². The van der Waals surface area contributed by atoms with Crippen molar-refractivity contribution in [2.45, 2.75) is 58.1 Å².